The van der Waals surface area contributed by atoms with E-state index < -0.39 is 0 Å². The van der Waals surface area contributed by atoms with Gasteiger partial charge in [-0.2, -0.15) is 0 Å². The molecule has 1 aliphatic heterocycles. The number of ether oxygens (including phenoxy) is 4. The minimum Gasteiger partial charge on any atom is -1.00 e. The second-order valence-corrected chi connectivity index (χ2v) is 8.02. The van der Waals surface area contributed by atoms with Gasteiger partial charge in [-0.1, -0.05) is 12.1 Å². The summed E-state index contributed by atoms with van der Waals surface area (Å²) in [6, 6.07) is 10.8. The molecular weight excluding hydrogens is 472 g/mol. The molecule has 0 unspecified atom stereocenters. The quantitative estimate of drug-likeness (QED) is 0.321. The summed E-state index contributed by atoms with van der Waals surface area (Å²) in [5, 5.41) is 0. The molecule has 0 radical (unpaired) electrons. The number of halogens is 1. The molecule has 190 valence electrons. The van der Waals surface area contributed by atoms with Crippen LogP contribution in [0.3, 0.4) is 0 Å². The van der Waals surface area contributed by atoms with Crippen molar-refractivity contribution in [3.8, 4) is 23.0 Å². The van der Waals surface area contributed by atoms with Gasteiger partial charge in [-0.25, -0.2) is 0 Å². The van der Waals surface area contributed by atoms with Crippen LogP contribution in [-0.2, 0) is 4.79 Å². The monoisotopic (exact) mass is 504 g/mol. The van der Waals surface area contributed by atoms with Crippen LogP contribution in [0, 0.1) is 0 Å². The summed E-state index contributed by atoms with van der Waals surface area (Å²) in [5.74, 6) is 2.34. The summed E-state index contributed by atoms with van der Waals surface area (Å²) in [7, 11) is 6.26. The number of quaternary nitrogens is 1. The van der Waals surface area contributed by atoms with Crippen molar-refractivity contribution >= 4 is 17.8 Å². The van der Waals surface area contributed by atoms with Gasteiger partial charge < -0.3 is 41.2 Å². The van der Waals surface area contributed by atoms with E-state index in [1.54, 1.807) is 58.8 Å². The molecule has 35 heavy (non-hydrogen) atoms. The van der Waals surface area contributed by atoms with Crippen molar-refractivity contribution in [3.05, 3.63) is 53.6 Å². The number of nitrogens with zero attached hydrogens (tertiary/aromatic N) is 1. The minimum absolute atomic E-state index is 0. The first-order valence-electron chi connectivity index (χ1n) is 11.3. The van der Waals surface area contributed by atoms with E-state index in [4.69, 9.17) is 18.9 Å². The molecule has 8 nitrogen and oxygen atoms in total. The Morgan fingerprint density at radius 3 is 2.17 bits per heavy atom. The van der Waals surface area contributed by atoms with Gasteiger partial charge in [-0.05, 0) is 35.9 Å². The predicted molar refractivity (Wildman–Crippen MR) is 129 cm³/mol. The van der Waals surface area contributed by atoms with E-state index in [1.165, 1.54) is 4.90 Å². The van der Waals surface area contributed by atoms with Gasteiger partial charge in [0.05, 0.1) is 67.6 Å². The molecule has 1 aliphatic rings. The second kappa shape index (κ2) is 13.6. The molecule has 1 amide bonds. The van der Waals surface area contributed by atoms with E-state index in [2.05, 4.69) is 0 Å². The normalized spacial score (nSPS) is 13.8. The van der Waals surface area contributed by atoms with E-state index in [1.807, 2.05) is 23.1 Å². The summed E-state index contributed by atoms with van der Waals surface area (Å²) in [4.78, 5) is 28.4. The maximum Gasteiger partial charge on any atom is 0.246 e. The van der Waals surface area contributed by atoms with E-state index in [9.17, 15) is 9.59 Å². The number of rotatable bonds is 10. The van der Waals surface area contributed by atoms with Crippen LogP contribution in [0.25, 0.3) is 6.08 Å². The molecule has 0 aromatic heterocycles. The Morgan fingerprint density at radius 1 is 0.943 bits per heavy atom. The number of methoxy groups -OCH3 is 4. The Morgan fingerprint density at radius 2 is 1.60 bits per heavy atom. The molecule has 0 bridgehead atoms. The van der Waals surface area contributed by atoms with Crippen molar-refractivity contribution in [2.24, 2.45) is 0 Å². The first kappa shape index (κ1) is 28.0. The summed E-state index contributed by atoms with van der Waals surface area (Å²) in [6.07, 6.45) is 3.79. The van der Waals surface area contributed by atoms with Crippen LogP contribution in [0.2, 0.25) is 0 Å². The lowest BCUT2D eigenvalue weighted by molar-refractivity contribution is -0.903. The molecule has 9 heteroatoms. The first-order valence-corrected chi connectivity index (χ1v) is 11.3. The van der Waals surface area contributed by atoms with Gasteiger partial charge in [0, 0.05) is 11.6 Å². The number of Topliss-reactive ketones (excluding diaryl/α,β-unsaturated/α-hetero) is 1. The number of nitrogens with one attached hydrogen (secondary N) is 1. The lowest BCUT2D eigenvalue weighted by Gasteiger charge is -2.31. The van der Waals surface area contributed by atoms with Gasteiger partial charge in [0.15, 0.2) is 17.3 Å². The van der Waals surface area contributed by atoms with Gasteiger partial charge in [-0.3, -0.25) is 9.59 Å². The van der Waals surface area contributed by atoms with Crippen molar-refractivity contribution in [1.82, 2.24) is 4.90 Å². The number of piperazine rings is 1. The zero-order valence-electron chi connectivity index (χ0n) is 20.6. The first-order chi connectivity index (χ1) is 16.5. The van der Waals surface area contributed by atoms with Crippen LogP contribution in [-0.4, -0.2) is 77.8 Å². The summed E-state index contributed by atoms with van der Waals surface area (Å²) in [5.41, 5.74) is 1.45. The van der Waals surface area contributed by atoms with E-state index in [0.29, 0.717) is 48.1 Å². The molecular formula is C26H33ClN2O6. The van der Waals surface area contributed by atoms with E-state index in [-0.39, 0.29) is 24.1 Å². The minimum atomic E-state index is -0.0414. The highest BCUT2D eigenvalue weighted by Gasteiger charge is 2.23. The molecule has 1 fully saturated rings. The summed E-state index contributed by atoms with van der Waals surface area (Å²) in [6.45, 7) is 3.69. The predicted octanol–water partition coefficient (Wildman–Crippen LogP) is -1.26. The number of ketones is 1. The summed E-state index contributed by atoms with van der Waals surface area (Å²) >= 11 is 0. The third-order valence-corrected chi connectivity index (χ3v) is 5.98. The smallest absolute Gasteiger partial charge is 0.246 e. The average molecular weight is 505 g/mol. The average Bonchev–Trinajstić information content (AvgIpc) is 2.89. The Kier molecular flexibility index (Phi) is 10.9. The molecule has 1 N–H and O–H groups in total. The molecule has 2 aromatic carbocycles. The van der Waals surface area contributed by atoms with Crippen molar-refractivity contribution < 1.29 is 45.8 Å². The second-order valence-electron chi connectivity index (χ2n) is 8.02. The molecule has 0 spiro atoms. The SMILES string of the molecule is COc1cccc(C(=O)CC[NH+]2CCN(C(=O)/C=C/c3cc(OC)c(OC)c(OC)c3)CC2)c1.[Cl-]. The molecule has 0 atom stereocenters. The fourth-order valence-corrected chi connectivity index (χ4v) is 4.00. The van der Waals surface area contributed by atoms with Gasteiger partial charge in [0.2, 0.25) is 11.7 Å². The van der Waals surface area contributed by atoms with Crippen LogP contribution in [0.15, 0.2) is 42.5 Å². The molecule has 1 saturated heterocycles. The van der Waals surface area contributed by atoms with Crippen LogP contribution >= 0.6 is 0 Å². The number of amides is 1. The fourth-order valence-electron chi connectivity index (χ4n) is 4.00. The zero-order valence-corrected chi connectivity index (χ0v) is 21.4. The van der Waals surface area contributed by atoms with Gasteiger partial charge in [-0.15, -0.1) is 0 Å². The third-order valence-electron chi connectivity index (χ3n) is 5.98. The molecule has 0 aliphatic carbocycles. The van der Waals surface area contributed by atoms with Gasteiger partial charge in [0.25, 0.3) is 0 Å². The Hall–Kier alpha value is -3.23. The standard InChI is InChI=1S/C26H32N2O6.ClH/c1-31-21-7-5-6-20(18-21)22(29)10-11-27-12-14-28(15-13-27)25(30)9-8-19-16-23(32-2)26(34-4)24(17-19)33-3;/h5-9,16-18H,10-15H2,1-4H3;1H/b9-8+;. The van der Waals surface area contributed by atoms with E-state index in [0.717, 1.165) is 25.2 Å². The Balaban J connectivity index is 0.00000432. The Bertz CT molecular complexity index is 1010. The number of carbonyl (C=O) groups excluding carboxylic acids is 2. The highest BCUT2D eigenvalue weighted by molar-refractivity contribution is 5.96. The third kappa shape index (κ3) is 7.37. The van der Waals surface area contributed by atoms with E-state index >= 15 is 0 Å². The highest BCUT2D eigenvalue weighted by Crippen LogP contribution is 2.38. The maximum atomic E-state index is 12.7. The van der Waals surface area contributed by atoms with Crippen LogP contribution < -0.4 is 36.3 Å². The largest absolute Gasteiger partial charge is 1.00 e. The highest BCUT2D eigenvalue weighted by atomic mass is 35.5. The number of hydrogen-bond acceptors (Lipinski definition) is 6. The van der Waals surface area contributed by atoms with Gasteiger partial charge >= 0.3 is 0 Å². The molecule has 1 heterocycles. The summed E-state index contributed by atoms with van der Waals surface area (Å²) < 4.78 is 21.3. The lowest BCUT2D eigenvalue weighted by Crippen LogP contribution is -3.14. The lowest BCUT2D eigenvalue weighted by atomic mass is 10.1. The van der Waals surface area contributed by atoms with Crippen molar-refractivity contribution in [2.75, 3.05) is 61.2 Å². The maximum absolute atomic E-state index is 12.7. The number of carbonyl (C=O) groups is 2. The Labute approximate surface area is 212 Å². The fraction of sp³-hybridized carbons (Fsp3) is 0.385. The van der Waals surface area contributed by atoms with Crippen LogP contribution in [0.1, 0.15) is 22.3 Å². The van der Waals surface area contributed by atoms with Crippen LogP contribution in [0.5, 0.6) is 23.0 Å². The van der Waals surface area contributed by atoms with Crippen LogP contribution in [0.4, 0.5) is 0 Å². The molecule has 2 aromatic rings. The topological polar surface area (TPSA) is 78.7 Å². The van der Waals surface area contributed by atoms with Crippen molar-refractivity contribution in [2.45, 2.75) is 6.42 Å². The van der Waals surface area contributed by atoms with Crippen molar-refractivity contribution in [1.29, 1.82) is 0 Å². The number of benzene rings is 2. The number of hydrogen-bond donors (Lipinski definition) is 1. The zero-order chi connectivity index (χ0) is 24.5. The molecule has 3 rings (SSSR count). The molecule has 0 saturated carbocycles. The van der Waals surface area contributed by atoms with Crippen molar-refractivity contribution in [3.63, 3.8) is 0 Å². The van der Waals surface area contributed by atoms with Gasteiger partial charge in [0.1, 0.15) is 5.75 Å².